The second kappa shape index (κ2) is 9.05. The number of nitrogens with zero attached hydrogens (tertiary/aromatic N) is 1. The summed E-state index contributed by atoms with van der Waals surface area (Å²) >= 11 is 1.02. The molecule has 1 aromatic carbocycles. The minimum absolute atomic E-state index is 0.225. The Bertz CT molecular complexity index is 1120. The topological polar surface area (TPSA) is 80.3 Å². The van der Waals surface area contributed by atoms with E-state index in [0.717, 1.165) is 35.8 Å². The Morgan fingerprint density at radius 3 is 2.53 bits per heavy atom. The van der Waals surface area contributed by atoms with Crippen molar-refractivity contribution in [2.24, 2.45) is 17.3 Å². The first-order valence-corrected chi connectivity index (χ1v) is 11.9. The molecule has 2 N–H and O–H groups in total. The lowest BCUT2D eigenvalue weighted by atomic mass is 9.48. The average molecular weight is 494 g/mol. The van der Waals surface area contributed by atoms with E-state index in [0.29, 0.717) is 34.0 Å². The second-order valence-electron chi connectivity index (χ2n) is 9.30. The largest absolute Gasteiger partial charge is 0.448 e. The molecule has 1 aromatic heterocycles. The number of aromatic nitrogens is 1. The highest BCUT2D eigenvalue weighted by atomic mass is 32.1. The van der Waals surface area contributed by atoms with Gasteiger partial charge in [0.15, 0.2) is 0 Å². The van der Waals surface area contributed by atoms with Crippen molar-refractivity contribution in [2.45, 2.75) is 46.2 Å². The van der Waals surface area contributed by atoms with Crippen LogP contribution in [0.3, 0.4) is 0 Å². The van der Waals surface area contributed by atoms with Crippen molar-refractivity contribution in [3.63, 3.8) is 0 Å². The molecule has 3 aliphatic carbocycles. The van der Waals surface area contributed by atoms with Crippen LogP contribution in [0.1, 0.15) is 54.0 Å². The smallest absolute Gasteiger partial charge is 0.426 e. The lowest BCUT2D eigenvalue weighted by Gasteiger charge is -2.56. The number of hydrazine groups is 1. The highest BCUT2D eigenvalue weighted by Gasteiger charge is 2.50. The summed E-state index contributed by atoms with van der Waals surface area (Å²) in [5, 5.41) is 0.404. The van der Waals surface area contributed by atoms with E-state index in [2.05, 4.69) is 35.8 Å². The normalized spacial score (nSPS) is 20.7. The van der Waals surface area contributed by atoms with Crippen LogP contribution < -0.4 is 10.9 Å². The van der Waals surface area contributed by atoms with Crippen LogP contribution in [0.25, 0.3) is 10.6 Å². The van der Waals surface area contributed by atoms with Gasteiger partial charge >= 0.3 is 12.3 Å². The molecule has 182 valence electrons. The van der Waals surface area contributed by atoms with E-state index in [9.17, 15) is 22.8 Å². The maximum Gasteiger partial charge on any atom is 0.426 e. The lowest BCUT2D eigenvalue weighted by Crippen LogP contribution is -2.48. The first-order valence-electron chi connectivity index (χ1n) is 11.0. The monoisotopic (exact) mass is 493 g/mol. The van der Waals surface area contributed by atoms with Gasteiger partial charge < -0.3 is 4.74 Å². The fraction of sp³-hybridized carbons (Fsp3) is 0.458. The van der Waals surface area contributed by atoms with E-state index in [4.69, 9.17) is 4.74 Å². The molecule has 2 unspecified atom stereocenters. The molecule has 2 bridgehead atoms. The van der Waals surface area contributed by atoms with Crippen molar-refractivity contribution in [2.75, 3.05) is 6.61 Å². The molecule has 0 spiro atoms. The number of alkyl halides is 3. The van der Waals surface area contributed by atoms with Crippen LogP contribution in [-0.2, 0) is 10.9 Å². The Kier molecular flexibility index (Phi) is 6.46. The van der Waals surface area contributed by atoms with Crippen molar-refractivity contribution in [1.82, 2.24) is 15.8 Å². The summed E-state index contributed by atoms with van der Waals surface area (Å²) in [5.41, 5.74) is 6.28. The summed E-state index contributed by atoms with van der Waals surface area (Å²) in [5.74, 6) is 0.712. The highest BCUT2D eigenvalue weighted by Crippen LogP contribution is 2.59. The quantitative estimate of drug-likeness (QED) is 0.402. The van der Waals surface area contributed by atoms with Gasteiger partial charge in [0.1, 0.15) is 9.88 Å². The maximum atomic E-state index is 12.8. The molecule has 2 amide bonds. The number of carbonyl (C=O) groups excluding carboxylic acids is 2. The van der Waals surface area contributed by atoms with Gasteiger partial charge in [-0.2, -0.15) is 13.2 Å². The zero-order chi connectivity index (χ0) is 24.7. The second-order valence-corrected chi connectivity index (χ2v) is 10.3. The third kappa shape index (κ3) is 4.82. The molecule has 0 aliphatic heterocycles. The van der Waals surface area contributed by atoms with E-state index < -0.39 is 23.7 Å². The number of ether oxygens (including phenoxy) is 1. The van der Waals surface area contributed by atoms with E-state index in [1.54, 1.807) is 6.92 Å². The number of allylic oxidation sites excluding steroid dienone is 1. The number of nitrogens with one attached hydrogen (secondary N) is 2. The van der Waals surface area contributed by atoms with Crippen molar-refractivity contribution in [3.8, 4) is 10.6 Å². The van der Waals surface area contributed by atoms with Gasteiger partial charge in [-0.3, -0.25) is 10.2 Å². The summed E-state index contributed by atoms with van der Waals surface area (Å²) in [6, 6.07) is 4.56. The highest BCUT2D eigenvalue weighted by molar-refractivity contribution is 7.17. The minimum Gasteiger partial charge on any atom is -0.448 e. The van der Waals surface area contributed by atoms with E-state index in [-0.39, 0.29) is 11.5 Å². The number of fused-ring (bicyclic) bond motifs is 1. The minimum atomic E-state index is -4.42. The molecule has 6 nitrogen and oxygen atoms in total. The van der Waals surface area contributed by atoms with Gasteiger partial charge in [-0.25, -0.2) is 15.2 Å². The SMILES string of the molecule is Cc1nc(-c2ccc(C(F)(F)F)cc2)sc1C(=O)NNC(=O)OCCC1=CCC2CC1C2(C)C. The summed E-state index contributed by atoms with van der Waals surface area (Å²) in [7, 11) is 0. The van der Waals surface area contributed by atoms with Crippen molar-refractivity contribution in [3.05, 3.63) is 52.0 Å². The molecule has 1 heterocycles. The van der Waals surface area contributed by atoms with E-state index in [1.807, 2.05) is 0 Å². The van der Waals surface area contributed by atoms with Gasteiger partial charge in [-0.15, -0.1) is 11.3 Å². The number of carbonyl (C=O) groups is 2. The number of benzene rings is 1. The van der Waals surface area contributed by atoms with Gasteiger partial charge in [0.2, 0.25) is 0 Å². The maximum absolute atomic E-state index is 12.8. The number of amides is 2. The molecule has 3 aliphatic rings. The predicted octanol–water partition coefficient (Wildman–Crippen LogP) is 5.89. The van der Waals surface area contributed by atoms with Gasteiger partial charge in [0.05, 0.1) is 17.9 Å². The molecule has 10 heteroatoms. The Morgan fingerprint density at radius 1 is 1.21 bits per heavy atom. The summed E-state index contributed by atoms with van der Waals surface area (Å²) in [4.78, 5) is 29.0. The van der Waals surface area contributed by atoms with Gasteiger partial charge in [-0.1, -0.05) is 37.6 Å². The lowest BCUT2D eigenvalue weighted by molar-refractivity contribution is -0.137. The number of hydrogen-bond donors (Lipinski definition) is 2. The van der Waals surface area contributed by atoms with Crippen molar-refractivity contribution < 1.29 is 27.5 Å². The Hall–Kier alpha value is -2.88. The zero-order valence-corrected chi connectivity index (χ0v) is 19.9. The molecule has 34 heavy (non-hydrogen) atoms. The van der Waals surface area contributed by atoms with E-state index >= 15 is 0 Å². The van der Waals surface area contributed by atoms with E-state index in [1.165, 1.54) is 24.1 Å². The molecule has 5 rings (SSSR count). The molecule has 2 aromatic rings. The number of thiazole rings is 1. The number of rotatable bonds is 5. The van der Waals surface area contributed by atoms with Crippen molar-refractivity contribution >= 4 is 23.3 Å². The van der Waals surface area contributed by atoms with Crippen LogP contribution in [0.2, 0.25) is 0 Å². The summed E-state index contributed by atoms with van der Waals surface area (Å²) < 4.78 is 43.5. The first kappa shape index (κ1) is 24.3. The number of hydrogen-bond acceptors (Lipinski definition) is 5. The molecular weight excluding hydrogens is 467 g/mol. The van der Waals surface area contributed by atoms with Crippen LogP contribution in [0.4, 0.5) is 18.0 Å². The fourth-order valence-electron chi connectivity index (χ4n) is 4.75. The summed E-state index contributed by atoms with van der Waals surface area (Å²) in [6.45, 7) is 6.41. The Labute approximate surface area is 199 Å². The van der Waals surface area contributed by atoms with Gasteiger partial charge in [-0.05, 0) is 49.1 Å². The number of aryl methyl sites for hydroxylation is 1. The summed E-state index contributed by atoms with van der Waals surface area (Å²) in [6.07, 6.45) is 0.0154. The third-order valence-corrected chi connectivity index (χ3v) is 8.15. The van der Waals surface area contributed by atoms with Crippen LogP contribution in [-0.4, -0.2) is 23.6 Å². The number of halogens is 3. The molecule has 0 radical (unpaired) electrons. The first-order chi connectivity index (χ1) is 16.0. The van der Waals surface area contributed by atoms with Crippen LogP contribution >= 0.6 is 11.3 Å². The zero-order valence-electron chi connectivity index (χ0n) is 19.1. The third-order valence-electron chi connectivity index (χ3n) is 6.95. The van der Waals surface area contributed by atoms with Crippen LogP contribution in [0.5, 0.6) is 0 Å². The Morgan fingerprint density at radius 2 is 1.91 bits per heavy atom. The average Bonchev–Trinajstić information content (AvgIpc) is 3.18. The molecule has 0 saturated heterocycles. The fourth-order valence-corrected chi connectivity index (χ4v) is 5.72. The van der Waals surface area contributed by atoms with Gasteiger partial charge in [0.25, 0.3) is 5.91 Å². The predicted molar refractivity (Wildman–Crippen MR) is 122 cm³/mol. The standard InChI is InChI=1S/C24H26F3N3O3S/c1-13-19(34-21(28-13)15-5-7-16(8-6-15)24(25,26)27)20(31)29-30-22(32)33-11-10-14-4-9-17-12-18(14)23(17,2)3/h4-8,17-18H,9-12H2,1-3H3,(H,29,31)(H,30,32). The van der Waals surface area contributed by atoms with Crippen molar-refractivity contribution in [1.29, 1.82) is 0 Å². The molecule has 1 fully saturated rings. The molecular formula is C24H26F3N3O3S. The Balaban J connectivity index is 1.27. The van der Waals surface area contributed by atoms with Crippen LogP contribution in [0, 0.1) is 24.2 Å². The molecule has 2 atom stereocenters. The van der Waals surface area contributed by atoms with Gasteiger partial charge in [0, 0.05) is 12.0 Å². The molecule has 1 saturated carbocycles. The van der Waals surface area contributed by atoms with Crippen LogP contribution in [0.15, 0.2) is 35.9 Å².